The van der Waals surface area contributed by atoms with Crippen LogP contribution in [0.1, 0.15) is 20.3 Å². The zero-order chi connectivity index (χ0) is 8.85. The zero-order valence-electron chi connectivity index (χ0n) is 7.12. The van der Waals surface area contributed by atoms with E-state index in [1.165, 1.54) is 0 Å². The Morgan fingerprint density at radius 3 is 2.45 bits per heavy atom. The highest BCUT2D eigenvalue weighted by molar-refractivity contribution is 7.85. The summed E-state index contributed by atoms with van der Waals surface area (Å²) >= 11 is 0. The maximum absolute atomic E-state index is 11.1. The van der Waals surface area contributed by atoms with Gasteiger partial charge in [-0.3, -0.25) is 4.21 Å². The van der Waals surface area contributed by atoms with E-state index >= 15 is 0 Å². The quantitative estimate of drug-likeness (QED) is 0.617. The van der Waals surface area contributed by atoms with Crippen molar-refractivity contribution in [2.45, 2.75) is 32.4 Å². The third-order valence-corrected chi connectivity index (χ3v) is 3.01. The van der Waals surface area contributed by atoms with Gasteiger partial charge in [0.05, 0.1) is 6.10 Å². The van der Waals surface area contributed by atoms with Gasteiger partial charge >= 0.3 is 0 Å². The molecular weight excluding hydrogens is 162 g/mol. The Labute approximate surface area is 70.4 Å². The minimum atomic E-state index is -0.955. The van der Waals surface area contributed by atoms with Crippen LogP contribution in [-0.4, -0.2) is 33.0 Å². The van der Waals surface area contributed by atoms with Gasteiger partial charge in [0, 0.05) is 28.3 Å². The molecule has 0 aromatic carbocycles. The van der Waals surface area contributed by atoms with Crippen molar-refractivity contribution >= 4 is 10.8 Å². The van der Waals surface area contributed by atoms with E-state index in [1.54, 1.807) is 6.92 Å². The van der Waals surface area contributed by atoms with Gasteiger partial charge in [0.1, 0.15) is 0 Å². The normalized spacial score (nSPS) is 19.3. The summed E-state index contributed by atoms with van der Waals surface area (Å²) in [4.78, 5) is 0. The van der Waals surface area contributed by atoms with Crippen LogP contribution in [0.4, 0.5) is 0 Å². The molecule has 68 valence electrons. The van der Waals surface area contributed by atoms with E-state index in [0.717, 1.165) is 6.42 Å². The first-order valence-electron chi connectivity index (χ1n) is 3.84. The molecule has 0 radical (unpaired) electrons. The molecule has 3 unspecified atom stereocenters. The summed E-state index contributed by atoms with van der Waals surface area (Å²) in [5.74, 6) is 0.842. The molecule has 0 saturated heterocycles. The SMILES string of the molecule is CCC(N)CS(=O)CC(C)O. The van der Waals surface area contributed by atoms with Crippen molar-refractivity contribution in [1.29, 1.82) is 0 Å². The van der Waals surface area contributed by atoms with Crippen LogP contribution >= 0.6 is 0 Å². The number of aliphatic hydroxyl groups excluding tert-OH is 1. The van der Waals surface area contributed by atoms with Crippen molar-refractivity contribution < 1.29 is 9.32 Å². The van der Waals surface area contributed by atoms with E-state index in [0.29, 0.717) is 11.5 Å². The van der Waals surface area contributed by atoms with Crippen LogP contribution in [0.5, 0.6) is 0 Å². The Balaban J connectivity index is 3.52. The first-order chi connectivity index (χ1) is 5.06. The van der Waals surface area contributed by atoms with Crippen LogP contribution in [0.25, 0.3) is 0 Å². The molecule has 0 spiro atoms. The molecule has 0 fully saturated rings. The summed E-state index contributed by atoms with van der Waals surface area (Å²) in [5.41, 5.74) is 5.57. The number of hydrogen-bond donors (Lipinski definition) is 2. The lowest BCUT2D eigenvalue weighted by Gasteiger charge is -2.08. The fraction of sp³-hybridized carbons (Fsp3) is 1.00. The molecule has 3 atom stereocenters. The van der Waals surface area contributed by atoms with Gasteiger partial charge in [0.15, 0.2) is 0 Å². The minimum Gasteiger partial charge on any atom is -0.392 e. The fourth-order valence-electron chi connectivity index (χ4n) is 0.694. The average Bonchev–Trinajstić information content (AvgIpc) is 1.85. The molecule has 4 heteroatoms. The van der Waals surface area contributed by atoms with E-state index in [1.807, 2.05) is 6.92 Å². The van der Waals surface area contributed by atoms with Crippen molar-refractivity contribution in [3.05, 3.63) is 0 Å². The van der Waals surface area contributed by atoms with E-state index in [9.17, 15) is 4.21 Å². The Bertz CT molecular complexity index is 128. The highest BCUT2D eigenvalue weighted by atomic mass is 32.2. The summed E-state index contributed by atoms with van der Waals surface area (Å²) in [7, 11) is -0.955. The van der Waals surface area contributed by atoms with Crippen molar-refractivity contribution in [2.75, 3.05) is 11.5 Å². The second kappa shape index (κ2) is 5.69. The lowest BCUT2D eigenvalue weighted by atomic mass is 10.3. The standard InChI is InChI=1S/C7H17NO2S/c1-3-7(8)5-11(10)4-6(2)9/h6-7,9H,3-5,8H2,1-2H3. The second-order valence-electron chi connectivity index (χ2n) is 2.79. The van der Waals surface area contributed by atoms with Crippen LogP contribution in [0.15, 0.2) is 0 Å². The molecule has 0 saturated carbocycles. The van der Waals surface area contributed by atoms with Gasteiger partial charge in [0.2, 0.25) is 0 Å². The predicted molar refractivity (Wildman–Crippen MR) is 47.8 cm³/mol. The zero-order valence-corrected chi connectivity index (χ0v) is 7.93. The highest BCUT2D eigenvalue weighted by Gasteiger charge is 2.08. The first-order valence-corrected chi connectivity index (χ1v) is 5.33. The third-order valence-electron chi connectivity index (χ3n) is 1.35. The van der Waals surface area contributed by atoms with Gasteiger partial charge < -0.3 is 10.8 Å². The lowest BCUT2D eigenvalue weighted by molar-refractivity contribution is 0.219. The summed E-state index contributed by atoms with van der Waals surface area (Å²) in [6.07, 6.45) is 0.353. The molecule has 0 aromatic rings. The molecule has 0 aromatic heterocycles. The minimum absolute atomic E-state index is 0.00887. The molecule has 0 heterocycles. The van der Waals surface area contributed by atoms with Gasteiger partial charge in [0.25, 0.3) is 0 Å². The first kappa shape index (κ1) is 11.1. The molecular formula is C7H17NO2S. The van der Waals surface area contributed by atoms with Crippen LogP contribution < -0.4 is 5.73 Å². The summed E-state index contributed by atoms with van der Waals surface area (Å²) in [6, 6.07) is 0.00887. The number of hydrogen-bond acceptors (Lipinski definition) is 3. The van der Waals surface area contributed by atoms with Crippen molar-refractivity contribution in [3.63, 3.8) is 0 Å². The summed E-state index contributed by atoms with van der Waals surface area (Å²) in [6.45, 7) is 3.60. The molecule has 0 aliphatic carbocycles. The number of nitrogens with two attached hydrogens (primary N) is 1. The number of aliphatic hydroxyl groups is 1. The predicted octanol–water partition coefficient (Wildman–Crippen LogP) is -0.147. The molecule has 0 aliphatic rings. The molecule has 0 rings (SSSR count). The summed E-state index contributed by atoms with van der Waals surface area (Å²) in [5, 5.41) is 8.87. The fourth-order valence-corrected chi connectivity index (χ4v) is 2.08. The molecule has 11 heavy (non-hydrogen) atoms. The van der Waals surface area contributed by atoms with Gasteiger partial charge in [-0.1, -0.05) is 6.92 Å². The Hall–Kier alpha value is 0.0700. The van der Waals surface area contributed by atoms with Gasteiger partial charge in [-0.05, 0) is 13.3 Å². The lowest BCUT2D eigenvalue weighted by Crippen LogP contribution is -2.28. The molecule has 3 nitrogen and oxygen atoms in total. The summed E-state index contributed by atoms with van der Waals surface area (Å²) < 4.78 is 11.1. The molecule has 3 N–H and O–H groups in total. The van der Waals surface area contributed by atoms with E-state index in [4.69, 9.17) is 10.8 Å². The largest absolute Gasteiger partial charge is 0.392 e. The van der Waals surface area contributed by atoms with Gasteiger partial charge in [-0.2, -0.15) is 0 Å². The van der Waals surface area contributed by atoms with Gasteiger partial charge in [-0.25, -0.2) is 0 Å². The average molecular weight is 179 g/mol. The van der Waals surface area contributed by atoms with Crippen LogP contribution in [0.2, 0.25) is 0 Å². The van der Waals surface area contributed by atoms with E-state index < -0.39 is 16.9 Å². The van der Waals surface area contributed by atoms with Crippen LogP contribution in [0.3, 0.4) is 0 Å². The van der Waals surface area contributed by atoms with Crippen molar-refractivity contribution in [3.8, 4) is 0 Å². The van der Waals surface area contributed by atoms with E-state index in [-0.39, 0.29) is 6.04 Å². The Kier molecular flexibility index (Phi) is 5.72. The monoisotopic (exact) mass is 179 g/mol. The molecule has 0 amide bonds. The molecule has 0 aliphatic heterocycles. The maximum Gasteiger partial charge on any atom is 0.0627 e. The molecule has 0 bridgehead atoms. The maximum atomic E-state index is 11.1. The third kappa shape index (κ3) is 6.47. The van der Waals surface area contributed by atoms with Crippen molar-refractivity contribution in [1.82, 2.24) is 0 Å². The topological polar surface area (TPSA) is 63.3 Å². The smallest absolute Gasteiger partial charge is 0.0627 e. The highest BCUT2D eigenvalue weighted by Crippen LogP contribution is 1.93. The Morgan fingerprint density at radius 2 is 2.09 bits per heavy atom. The van der Waals surface area contributed by atoms with E-state index in [2.05, 4.69) is 0 Å². The van der Waals surface area contributed by atoms with Crippen LogP contribution in [-0.2, 0) is 10.8 Å². The second-order valence-corrected chi connectivity index (χ2v) is 4.34. The number of rotatable bonds is 5. The van der Waals surface area contributed by atoms with Gasteiger partial charge in [-0.15, -0.1) is 0 Å². The van der Waals surface area contributed by atoms with Crippen molar-refractivity contribution in [2.24, 2.45) is 5.73 Å². The van der Waals surface area contributed by atoms with Crippen LogP contribution in [0, 0.1) is 0 Å². The Morgan fingerprint density at radius 1 is 1.55 bits per heavy atom.